The Hall–Kier alpha value is -4.93. The number of alkyl halides is 6. The molecule has 1 aliphatic rings. The summed E-state index contributed by atoms with van der Waals surface area (Å²) < 4.78 is 84.5. The molecule has 0 aliphatic carbocycles. The van der Waals surface area contributed by atoms with E-state index in [1.807, 2.05) is 0 Å². The van der Waals surface area contributed by atoms with Crippen LogP contribution in [0.5, 0.6) is 11.5 Å². The zero-order valence-corrected chi connectivity index (χ0v) is 24.6. The van der Waals surface area contributed by atoms with Crippen LogP contribution in [0.25, 0.3) is 0 Å². The molecular weight excluding hydrogens is 644 g/mol. The number of nitrogens with one attached hydrogen (secondary N) is 3. The molecule has 3 aromatic carbocycles. The third kappa shape index (κ3) is 9.79. The van der Waals surface area contributed by atoms with Crippen molar-refractivity contribution in [3.05, 3.63) is 77.9 Å². The molecule has 0 bridgehead atoms. The van der Waals surface area contributed by atoms with Gasteiger partial charge < -0.3 is 25.4 Å². The van der Waals surface area contributed by atoms with Crippen LogP contribution < -0.4 is 30.3 Å². The number of hydrogen-bond donors (Lipinski definition) is 3. The second-order valence-corrected chi connectivity index (χ2v) is 10.5. The van der Waals surface area contributed by atoms with E-state index in [4.69, 9.17) is 4.74 Å². The third-order valence-corrected chi connectivity index (χ3v) is 6.93. The Morgan fingerprint density at radius 1 is 0.978 bits per heavy atom. The number of ether oxygens (including phenoxy) is 2. The number of carbonyl (C=O) groups is 3. The first-order valence-electron chi connectivity index (χ1n) is 13.3. The van der Waals surface area contributed by atoms with Gasteiger partial charge in [-0.15, -0.1) is 13.2 Å². The molecular formula is C29H25F6N5O5S. The largest absolute Gasteiger partial charge is 0.573 e. The lowest BCUT2D eigenvalue weighted by atomic mass is 10.1. The second kappa shape index (κ2) is 14.9. The van der Waals surface area contributed by atoms with Crippen molar-refractivity contribution >= 4 is 52.0 Å². The monoisotopic (exact) mass is 669 g/mol. The summed E-state index contributed by atoms with van der Waals surface area (Å²) in [5.41, 5.74) is 2.04. The zero-order valence-electron chi connectivity index (χ0n) is 23.7. The molecule has 17 heteroatoms. The molecule has 3 N–H and O–H groups in total. The first-order chi connectivity index (χ1) is 21.8. The number of amidine groups is 1. The number of hydrogen-bond acceptors (Lipinski definition) is 6. The fourth-order valence-electron chi connectivity index (χ4n) is 3.98. The number of halogens is 6. The highest BCUT2D eigenvalue weighted by Crippen LogP contribution is 2.36. The average molecular weight is 670 g/mol. The van der Waals surface area contributed by atoms with Crippen molar-refractivity contribution in [2.75, 3.05) is 27.8 Å². The fraction of sp³-hybridized carbons (Fsp3) is 0.241. The van der Waals surface area contributed by atoms with Crippen LogP contribution in [0.4, 0.5) is 53.0 Å². The lowest BCUT2D eigenvalue weighted by Crippen LogP contribution is -2.32. The number of rotatable bonds is 10. The molecule has 1 unspecified atom stereocenters. The van der Waals surface area contributed by atoms with Crippen LogP contribution in [-0.4, -0.2) is 54.6 Å². The molecule has 0 radical (unpaired) electrons. The average Bonchev–Trinajstić information content (AvgIpc) is 3.34. The third-order valence-electron chi connectivity index (χ3n) is 6.00. The van der Waals surface area contributed by atoms with E-state index in [-0.39, 0.29) is 34.6 Å². The first kappa shape index (κ1) is 34.0. The van der Waals surface area contributed by atoms with Crippen LogP contribution >= 0.6 is 11.8 Å². The topological polar surface area (TPSA) is 121 Å². The van der Waals surface area contributed by atoms with Gasteiger partial charge in [0.2, 0.25) is 5.91 Å². The molecule has 46 heavy (non-hydrogen) atoms. The Bertz CT molecular complexity index is 1590. The van der Waals surface area contributed by atoms with Crippen molar-refractivity contribution in [2.45, 2.75) is 32.5 Å². The van der Waals surface area contributed by atoms with E-state index in [1.54, 1.807) is 31.2 Å². The Kier molecular flexibility index (Phi) is 11.0. The number of urea groups is 2. The Morgan fingerprint density at radius 2 is 1.61 bits per heavy atom. The van der Waals surface area contributed by atoms with Gasteiger partial charge in [-0.25, -0.2) is 18.4 Å². The van der Waals surface area contributed by atoms with E-state index in [0.29, 0.717) is 17.7 Å². The van der Waals surface area contributed by atoms with Crippen LogP contribution in [-0.2, 0) is 11.2 Å². The molecule has 5 amide bonds. The van der Waals surface area contributed by atoms with Gasteiger partial charge >= 0.3 is 24.9 Å². The molecule has 1 saturated heterocycles. The first-order valence-corrected chi connectivity index (χ1v) is 14.3. The smallest absolute Gasteiger partial charge is 0.452 e. The van der Waals surface area contributed by atoms with Crippen LogP contribution in [0.3, 0.4) is 0 Å². The number of benzene rings is 3. The molecule has 10 nitrogen and oxygen atoms in total. The number of thioether (sulfide) groups is 1. The summed E-state index contributed by atoms with van der Waals surface area (Å²) >= 11 is 0.942. The number of carbonyl (C=O) groups excluding carboxylic acids is 3. The van der Waals surface area contributed by atoms with Gasteiger partial charge in [-0.3, -0.25) is 9.69 Å². The molecule has 0 aromatic heterocycles. The molecule has 1 heterocycles. The van der Waals surface area contributed by atoms with E-state index in [0.717, 1.165) is 34.4 Å². The van der Waals surface area contributed by atoms with E-state index in [2.05, 4.69) is 25.7 Å². The molecule has 244 valence electrons. The van der Waals surface area contributed by atoms with E-state index < -0.39 is 42.9 Å². The maximum absolute atomic E-state index is 13.6. The van der Waals surface area contributed by atoms with Gasteiger partial charge in [-0.05, 0) is 73.0 Å². The number of aryl methyl sites for hydroxylation is 1. The quantitative estimate of drug-likeness (QED) is 0.203. The summed E-state index contributed by atoms with van der Waals surface area (Å²) in [6.45, 7) is 1.82. The van der Waals surface area contributed by atoms with Crippen molar-refractivity contribution in [3.63, 3.8) is 0 Å². The van der Waals surface area contributed by atoms with Gasteiger partial charge in [0.1, 0.15) is 11.5 Å². The number of nitrogens with zero attached hydrogens (tertiary/aromatic N) is 2. The maximum atomic E-state index is 13.6. The summed E-state index contributed by atoms with van der Waals surface area (Å²) in [6.07, 6.45) is -10.8. The fourth-order valence-corrected chi connectivity index (χ4v) is 4.84. The van der Waals surface area contributed by atoms with Crippen LogP contribution in [0, 0.1) is 6.92 Å². The molecule has 1 fully saturated rings. The highest BCUT2D eigenvalue weighted by atomic mass is 32.2. The van der Waals surface area contributed by atoms with Crippen molar-refractivity contribution in [1.82, 2.24) is 5.32 Å². The summed E-state index contributed by atoms with van der Waals surface area (Å²) in [5, 5.41) is 7.61. The molecule has 1 aliphatic heterocycles. The number of aliphatic imine (C=N–C) groups is 1. The molecule has 1 atom stereocenters. The number of amides is 5. The molecule has 4 rings (SSSR count). The lowest BCUT2D eigenvalue weighted by molar-refractivity contribution is -0.274. The summed E-state index contributed by atoms with van der Waals surface area (Å²) in [4.78, 5) is 42.3. The lowest BCUT2D eigenvalue weighted by Gasteiger charge is -2.21. The Labute approximate surface area is 262 Å². The van der Waals surface area contributed by atoms with Crippen molar-refractivity contribution in [1.29, 1.82) is 0 Å². The van der Waals surface area contributed by atoms with E-state index >= 15 is 0 Å². The minimum atomic E-state index is -4.83. The van der Waals surface area contributed by atoms with Gasteiger partial charge in [-0.2, -0.15) is 9.38 Å². The summed E-state index contributed by atoms with van der Waals surface area (Å²) in [7, 11) is 0. The second-order valence-electron chi connectivity index (χ2n) is 9.52. The van der Waals surface area contributed by atoms with Gasteiger partial charge in [0, 0.05) is 17.9 Å². The summed E-state index contributed by atoms with van der Waals surface area (Å²) in [6, 6.07) is 14.0. The van der Waals surface area contributed by atoms with E-state index in [1.165, 1.54) is 30.3 Å². The molecule has 0 spiro atoms. The minimum Gasteiger partial charge on any atom is -0.452 e. The predicted octanol–water partition coefficient (Wildman–Crippen LogP) is 6.87. The van der Waals surface area contributed by atoms with Crippen molar-refractivity contribution < 1.29 is 50.2 Å². The predicted molar refractivity (Wildman–Crippen MR) is 159 cm³/mol. The van der Waals surface area contributed by atoms with Gasteiger partial charge in [0.15, 0.2) is 5.17 Å². The Morgan fingerprint density at radius 3 is 2.22 bits per heavy atom. The highest BCUT2D eigenvalue weighted by molar-refractivity contribution is 8.15. The van der Waals surface area contributed by atoms with Gasteiger partial charge in [0.25, 0.3) is 6.36 Å². The van der Waals surface area contributed by atoms with Gasteiger partial charge in [-0.1, -0.05) is 30.0 Å². The normalized spacial score (nSPS) is 14.7. The van der Waals surface area contributed by atoms with Crippen LogP contribution in [0.2, 0.25) is 0 Å². The van der Waals surface area contributed by atoms with Gasteiger partial charge in [0.05, 0.1) is 11.4 Å². The standard InChI is InChI=1S/C29H25F6N5O5S/c1-16-2-11-22(44-25(32)24(30)31)21(14-16)40-23(41)15-46-28(40)39-26(42)36-13-12-17-3-5-18(6-4-17)37-27(43)38-19-7-9-20(10-8-19)45-29(33,34)35/h2-11,14,24-25H,12-13,15H2,1H3,(H,36,42)(H2,37,38,43). The molecule has 0 saturated carbocycles. The SMILES string of the molecule is Cc1ccc(OC(F)C(F)F)c(N2C(=O)CSC2=NC(=O)NCCc2ccc(NC(=O)Nc3ccc(OC(F)(F)F)cc3)cc2)c1. The van der Waals surface area contributed by atoms with Crippen LogP contribution in [0.1, 0.15) is 11.1 Å². The van der Waals surface area contributed by atoms with Crippen molar-refractivity contribution in [3.8, 4) is 11.5 Å². The minimum absolute atomic E-state index is 0.0272. The number of anilines is 3. The van der Waals surface area contributed by atoms with E-state index in [9.17, 15) is 40.7 Å². The zero-order chi connectivity index (χ0) is 33.4. The molecule has 3 aromatic rings. The van der Waals surface area contributed by atoms with Crippen molar-refractivity contribution in [2.24, 2.45) is 4.99 Å². The highest BCUT2D eigenvalue weighted by Gasteiger charge is 2.34. The summed E-state index contributed by atoms with van der Waals surface area (Å²) in [5.74, 6) is -1.34. The maximum Gasteiger partial charge on any atom is 0.573 e. The van der Waals surface area contributed by atoms with Crippen LogP contribution in [0.15, 0.2) is 71.7 Å². The Balaban J connectivity index is 1.29.